The maximum atomic E-state index is 13.5. The highest BCUT2D eigenvalue weighted by atomic mass is 16.3. The van der Waals surface area contributed by atoms with Gasteiger partial charge in [-0.2, -0.15) is 5.10 Å². The SMILES string of the molecule is O=Cc1cn(C(=O)c2cc3cccnc3nc2-c2ccccc2)nc1-c1ccccc1O. The first-order valence-corrected chi connectivity index (χ1v) is 9.85. The first kappa shape index (κ1) is 19.3. The third-order valence-corrected chi connectivity index (χ3v) is 5.10. The molecular formula is C25H16N4O3. The van der Waals surface area contributed by atoms with Crippen LogP contribution in [0, 0.1) is 0 Å². The summed E-state index contributed by atoms with van der Waals surface area (Å²) in [7, 11) is 0. The zero-order valence-electron chi connectivity index (χ0n) is 16.7. The molecular weight excluding hydrogens is 404 g/mol. The van der Waals surface area contributed by atoms with Crippen molar-refractivity contribution in [3.05, 3.63) is 96.3 Å². The van der Waals surface area contributed by atoms with Crippen LogP contribution < -0.4 is 0 Å². The van der Waals surface area contributed by atoms with Gasteiger partial charge in [-0.3, -0.25) is 9.59 Å². The maximum absolute atomic E-state index is 13.5. The number of hydrogen-bond acceptors (Lipinski definition) is 6. The van der Waals surface area contributed by atoms with Gasteiger partial charge in [0, 0.05) is 28.9 Å². The van der Waals surface area contributed by atoms with Crippen molar-refractivity contribution in [3.8, 4) is 28.3 Å². The van der Waals surface area contributed by atoms with E-state index in [4.69, 9.17) is 0 Å². The maximum Gasteiger partial charge on any atom is 0.280 e. The summed E-state index contributed by atoms with van der Waals surface area (Å²) in [5.74, 6) is -0.483. The fraction of sp³-hybridized carbons (Fsp3) is 0. The van der Waals surface area contributed by atoms with Crippen molar-refractivity contribution >= 4 is 23.2 Å². The van der Waals surface area contributed by atoms with E-state index >= 15 is 0 Å². The Morgan fingerprint density at radius 1 is 0.938 bits per heavy atom. The first-order valence-electron chi connectivity index (χ1n) is 9.85. The molecule has 0 saturated heterocycles. The van der Waals surface area contributed by atoms with Gasteiger partial charge in [0.15, 0.2) is 11.9 Å². The van der Waals surface area contributed by atoms with E-state index < -0.39 is 5.91 Å². The zero-order valence-corrected chi connectivity index (χ0v) is 16.7. The van der Waals surface area contributed by atoms with Gasteiger partial charge in [0.05, 0.1) is 16.8 Å². The fourth-order valence-electron chi connectivity index (χ4n) is 3.57. The Hall–Kier alpha value is -4.65. The van der Waals surface area contributed by atoms with Gasteiger partial charge in [0.2, 0.25) is 0 Å². The lowest BCUT2D eigenvalue weighted by molar-refractivity contribution is 0.0946. The highest BCUT2D eigenvalue weighted by Gasteiger charge is 2.22. The second-order valence-corrected chi connectivity index (χ2v) is 7.12. The van der Waals surface area contributed by atoms with E-state index in [1.165, 1.54) is 12.3 Å². The Labute approximate surface area is 182 Å². The third kappa shape index (κ3) is 3.31. The van der Waals surface area contributed by atoms with Gasteiger partial charge in [-0.25, -0.2) is 14.6 Å². The lowest BCUT2D eigenvalue weighted by atomic mass is 10.0. The quantitative estimate of drug-likeness (QED) is 0.434. The molecule has 5 rings (SSSR count). The molecule has 2 aromatic carbocycles. The van der Waals surface area contributed by atoms with E-state index in [1.807, 2.05) is 36.4 Å². The summed E-state index contributed by atoms with van der Waals surface area (Å²) in [6.45, 7) is 0. The number of benzene rings is 2. The predicted octanol–water partition coefficient (Wildman–Crippen LogP) is 4.37. The van der Waals surface area contributed by atoms with E-state index in [1.54, 1.807) is 36.5 Å². The third-order valence-electron chi connectivity index (χ3n) is 5.10. The van der Waals surface area contributed by atoms with Crippen LogP contribution in [-0.4, -0.2) is 37.0 Å². The Kier molecular flexibility index (Phi) is 4.76. The molecule has 3 heterocycles. The summed E-state index contributed by atoms with van der Waals surface area (Å²) >= 11 is 0. The average Bonchev–Trinajstić information content (AvgIpc) is 3.28. The number of nitrogens with zero attached hydrogens (tertiary/aromatic N) is 4. The molecule has 0 aliphatic heterocycles. The first-order chi connectivity index (χ1) is 15.7. The van der Waals surface area contributed by atoms with Gasteiger partial charge in [0.1, 0.15) is 11.4 Å². The molecule has 7 nitrogen and oxygen atoms in total. The molecule has 154 valence electrons. The number of rotatable bonds is 4. The van der Waals surface area contributed by atoms with E-state index in [0.29, 0.717) is 34.1 Å². The van der Waals surface area contributed by atoms with Gasteiger partial charge >= 0.3 is 0 Å². The summed E-state index contributed by atoms with van der Waals surface area (Å²) in [4.78, 5) is 34.2. The summed E-state index contributed by atoms with van der Waals surface area (Å²) in [6, 6.07) is 21.2. The molecule has 0 aliphatic rings. The molecule has 0 unspecified atom stereocenters. The van der Waals surface area contributed by atoms with Crippen molar-refractivity contribution in [1.82, 2.24) is 19.7 Å². The Balaban J connectivity index is 1.69. The van der Waals surface area contributed by atoms with Gasteiger partial charge < -0.3 is 5.11 Å². The average molecular weight is 420 g/mol. The zero-order chi connectivity index (χ0) is 22.1. The van der Waals surface area contributed by atoms with Crippen LogP contribution in [-0.2, 0) is 0 Å². The van der Waals surface area contributed by atoms with Crippen molar-refractivity contribution in [1.29, 1.82) is 0 Å². The molecule has 0 bridgehead atoms. The molecule has 0 radical (unpaired) electrons. The van der Waals surface area contributed by atoms with E-state index in [2.05, 4.69) is 15.1 Å². The predicted molar refractivity (Wildman–Crippen MR) is 119 cm³/mol. The minimum atomic E-state index is -0.452. The number of aldehydes is 1. The lowest BCUT2D eigenvalue weighted by Gasteiger charge is -2.10. The van der Waals surface area contributed by atoms with Crippen LogP contribution in [0.15, 0.2) is 85.2 Å². The summed E-state index contributed by atoms with van der Waals surface area (Å²) in [5.41, 5.74) is 2.85. The van der Waals surface area contributed by atoms with Gasteiger partial charge in [-0.1, -0.05) is 42.5 Å². The molecule has 0 amide bonds. The molecule has 32 heavy (non-hydrogen) atoms. The van der Waals surface area contributed by atoms with Crippen molar-refractivity contribution in [3.63, 3.8) is 0 Å². The van der Waals surface area contributed by atoms with Crippen LogP contribution in [0.5, 0.6) is 5.75 Å². The lowest BCUT2D eigenvalue weighted by Crippen LogP contribution is -2.15. The van der Waals surface area contributed by atoms with Crippen LogP contribution in [0.1, 0.15) is 20.7 Å². The molecule has 7 heteroatoms. The minimum absolute atomic E-state index is 0.0308. The highest BCUT2D eigenvalue weighted by molar-refractivity contribution is 6.04. The van der Waals surface area contributed by atoms with Crippen molar-refractivity contribution in [2.75, 3.05) is 0 Å². The number of para-hydroxylation sites is 1. The number of phenolic OH excluding ortho intramolecular Hbond substituents is 1. The molecule has 1 N–H and O–H groups in total. The monoisotopic (exact) mass is 420 g/mol. The number of phenols is 1. The van der Waals surface area contributed by atoms with Crippen LogP contribution in [0.3, 0.4) is 0 Å². The largest absolute Gasteiger partial charge is 0.507 e. The van der Waals surface area contributed by atoms with Crippen molar-refractivity contribution in [2.45, 2.75) is 0 Å². The number of pyridine rings is 2. The molecule has 0 spiro atoms. The molecule has 0 aliphatic carbocycles. The Bertz CT molecular complexity index is 1480. The number of fused-ring (bicyclic) bond motifs is 1. The topological polar surface area (TPSA) is 98.0 Å². The van der Waals surface area contributed by atoms with E-state index in [9.17, 15) is 14.7 Å². The molecule has 5 aromatic rings. The van der Waals surface area contributed by atoms with Crippen molar-refractivity contribution in [2.24, 2.45) is 0 Å². The smallest absolute Gasteiger partial charge is 0.280 e. The standard InChI is InChI=1S/C25H16N4O3/c30-15-18-14-29(28-23(18)19-10-4-5-11-21(19)31)25(32)20-13-17-9-6-12-26-24(17)27-22(20)16-7-2-1-3-8-16/h1-15,31H. The van der Waals surface area contributed by atoms with Crippen LogP contribution >= 0.6 is 0 Å². The fourth-order valence-corrected chi connectivity index (χ4v) is 3.57. The normalized spacial score (nSPS) is 10.9. The van der Waals surface area contributed by atoms with Gasteiger partial charge in [0.25, 0.3) is 5.91 Å². The summed E-state index contributed by atoms with van der Waals surface area (Å²) < 4.78 is 1.11. The molecule has 0 fully saturated rings. The molecule has 0 saturated carbocycles. The Morgan fingerprint density at radius 3 is 2.50 bits per heavy atom. The number of aromatic hydroxyl groups is 1. The van der Waals surface area contributed by atoms with E-state index in [-0.39, 0.29) is 17.0 Å². The molecule has 3 aromatic heterocycles. The van der Waals surface area contributed by atoms with Crippen LogP contribution in [0.4, 0.5) is 0 Å². The van der Waals surface area contributed by atoms with Crippen LogP contribution in [0.25, 0.3) is 33.5 Å². The second kappa shape index (κ2) is 7.88. The van der Waals surface area contributed by atoms with Crippen LogP contribution in [0.2, 0.25) is 0 Å². The number of aromatic nitrogens is 4. The second-order valence-electron chi connectivity index (χ2n) is 7.12. The number of carbonyl (C=O) groups is 2. The van der Waals surface area contributed by atoms with Gasteiger partial charge in [-0.05, 0) is 30.3 Å². The molecule has 0 atom stereocenters. The summed E-state index contributed by atoms with van der Waals surface area (Å²) in [5, 5.41) is 15.2. The Morgan fingerprint density at radius 2 is 1.72 bits per heavy atom. The van der Waals surface area contributed by atoms with E-state index in [0.717, 1.165) is 10.2 Å². The highest BCUT2D eigenvalue weighted by Crippen LogP contribution is 2.30. The number of hydrogen-bond donors (Lipinski definition) is 1. The summed E-state index contributed by atoms with van der Waals surface area (Å²) in [6.07, 6.45) is 3.62. The van der Waals surface area contributed by atoms with Crippen molar-refractivity contribution < 1.29 is 14.7 Å². The van der Waals surface area contributed by atoms with Gasteiger partial charge in [-0.15, -0.1) is 0 Å². The minimum Gasteiger partial charge on any atom is -0.507 e. The number of carbonyl (C=O) groups excluding carboxylic acids is 2.